The molecule has 3 rings (SSSR count). The molecule has 5 nitrogen and oxygen atoms in total. The molecule has 0 spiro atoms. The zero-order chi connectivity index (χ0) is 22.8. The van der Waals surface area contributed by atoms with Crippen LogP contribution in [0.15, 0.2) is 30.4 Å². The van der Waals surface area contributed by atoms with E-state index in [2.05, 4.69) is 39.6 Å². The lowest BCUT2D eigenvalue weighted by molar-refractivity contribution is -0.125. The number of ketones is 1. The molecule has 1 aromatic carbocycles. The molecule has 1 N–H and O–H groups in total. The van der Waals surface area contributed by atoms with Gasteiger partial charge in [0.05, 0.1) is 13.7 Å². The second kappa shape index (κ2) is 8.89. The molecule has 5 heteroatoms. The van der Waals surface area contributed by atoms with Gasteiger partial charge in [-0.05, 0) is 71.6 Å². The average molecular weight is 426 g/mol. The minimum absolute atomic E-state index is 0.0551. The molecule has 1 amide bonds. The Hall–Kier alpha value is -2.56. The maximum Gasteiger partial charge on any atom is 0.243 e. The van der Waals surface area contributed by atoms with Crippen molar-refractivity contribution in [3.05, 3.63) is 41.5 Å². The van der Waals surface area contributed by atoms with Crippen LogP contribution in [0, 0.1) is 16.7 Å². The minimum atomic E-state index is -0.311. The van der Waals surface area contributed by atoms with Crippen LogP contribution in [0.4, 0.5) is 0 Å². The fourth-order valence-electron chi connectivity index (χ4n) is 5.02. The summed E-state index contributed by atoms with van der Waals surface area (Å²) in [5.41, 5.74) is 2.28. The van der Waals surface area contributed by atoms with Crippen molar-refractivity contribution in [2.75, 3.05) is 13.7 Å². The second-order valence-electron chi connectivity index (χ2n) is 9.40. The van der Waals surface area contributed by atoms with Crippen LogP contribution in [-0.2, 0) is 16.1 Å². The van der Waals surface area contributed by atoms with Gasteiger partial charge in [-0.1, -0.05) is 40.7 Å². The van der Waals surface area contributed by atoms with E-state index >= 15 is 0 Å². The molecular formula is C26H35NO4. The average Bonchev–Trinajstić information content (AvgIpc) is 3.06. The first-order chi connectivity index (χ1) is 14.7. The highest BCUT2D eigenvalue weighted by molar-refractivity contribution is 6.08. The quantitative estimate of drug-likeness (QED) is 0.442. The van der Waals surface area contributed by atoms with Gasteiger partial charge in [-0.2, -0.15) is 0 Å². The summed E-state index contributed by atoms with van der Waals surface area (Å²) in [6, 6.07) is 3.83. The molecule has 31 heavy (non-hydrogen) atoms. The molecule has 168 valence electrons. The van der Waals surface area contributed by atoms with Crippen LogP contribution in [0.25, 0.3) is 6.08 Å². The molecule has 2 aliphatic carbocycles. The number of carbonyl (C=O) groups excluding carboxylic acids is 2. The van der Waals surface area contributed by atoms with Crippen molar-refractivity contribution in [2.45, 2.75) is 59.9 Å². The topological polar surface area (TPSA) is 64.6 Å². The largest absolute Gasteiger partial charge is 0.493 e. The van der Waals surface area contributed by atoms with Crippen molar-refractivity contribution < 1.29 is 19.1 Å². The predicted octanol–water partition coefficient (Wildman–Crippen LogP) is 5.08. The van der Waals surface area contributed by atoms with Gasteiger partial charge in [-0.25, -0.2) is 0 Å². The lowest BCUT2D eigenvalue weighted by Crippen LogP contribution is -2.32. The number of allylic oxidation sites excluding steroid dienone is 1. The number of nitrogens with one attached hydrogen (secondary N) is 1. The van der Waals surface area contributed by atoms with E-state index in [1.807, 2.05) is 18.2 Å². The Morgan fingerprint density at radius 1 is 1.29 bits per heavy atom. The van der Waals surface area contributed by atoms with Gasteiger partial charge in [0, 0.05) is 12.0 Å². The van der Waals surface area contributed by atoms with E-state index in [1.54, 1.807) is 7.11 Å². The second-order valence-corrected chi connectivity index (χ2v) is 9.40. The van der Waals surface area contributed by atoms with Gasteiger partial charge in [-0.3, -0.25) is 9.59 Å². The van der Waals surface area contributed by atoms with Crippen molar-refractivity contribution in [2.24, 2.45) is 16.7 Å². The molecule has 2 unspecified atom stereocenters. The fourth-order valence-corrected chi connectivity index (χ4v) is 5.02. The van der Waals surface area contributed by atoms with Crippen molar-refractivity contribution in [3.63, 3.8) is 0 Å². The number of amides is 1. The first-order valence-electron chi connectivity index (χ1n) is 11.2. The number of Topliss-reactive ketones (excluding diaryl/α,β-unsaturated/α-hetero) is 1. The molecule has 2 atom stereocenters. The number of rotatable bonds is 9. The Labute approximate surface area is 185 Å². The molecule has 1 aromatic rings. The van der Waals surface area contributed by atoms with E-state index in [1.165, 1.54) is 6.08 Å². The highest BCUT2D eigenvalue weighted by Gasteiger charge is 2.63. The molecule has 0 aromatic heterocycles. The number of carbonyl (C=O) groups is 2. The van der Waals surface area contributed by atoms with E-state index in [4.69, 9.17) is 9.47 Å². The van der Waals surface area contributed by atoms with E-state index in [0.29, 0.717) is 24.7 Å². The van der Waals surface area contributed by atoms with Gasteiger partial charge in [0.1, 0.15) is 0 Å². The molecular weight excluding hydrogens is 390 g/mol. The molecule has 2 saturated carbocycles. The molecule has 2 fully saturated rings. The van der Waals surface area contributed by atoms with Gasteiger partial charge in [-0.15, -0.1) is 0 Å². The maximum atomic E-state index is 13.3. The number of fused-ring (bicyclic) bond motifs is 2. The molecule has 0 heterocycles. The van der Waals surface area contributed by atoms with Crippen LogP contribution in [0.3, 0.4) is 0 Å². The summed E-state index contributed by atoms with van der Waals surface area (Å²) in [5, 5.41) is 2.85. The number of hydrogen-bond acceptors (Lipinski definition) is 4. The molecule has 2 aliphatic rings. The summed E-state index contributed by atoms with van der Waals surface area (Å²) in [6.45, 7) is 13.1. The maximum absolute atomic E-state index is 13.3. The van der Waals surface area contributed by atoms with Crippen molar-refractivity contribution >= 4 is 17.8 Å². The Morgan fingerprint density at radius 3 is 2.61 bits per heavy atom. The highest BCUT2D eigenvalue weighted by Crippen LogP contribution is 2.65. The van der Waals surface area contributed by atoms with Crippen LogP contribution < -0.4 is 14.8 Å². The SMILES string of the molecule is C=CC(=O)NCc1cc(OCCCC)c(OC)cc1C=C1C(=O)C2(C)CCC1C2(C)C. The first kappa shape index (κ1) is 23.1. The van der Waals surface area contributed by atoms with Crippen LogP contribution in [0.5, 0.6) is 11.5 Å². The zero-order valence-electron chi connectivity index (χ0n) is 19.5. The fraction of sp³-hybridized carbons (Fsp3) is 0.538. The summed E-state index contributed by atoms with van der Waals surface area (Å²) in [7, 11) is 1.62. The number of ether oxygens (including phenoxy) is 2. The number of hydrogen-bond donors (Lipinski definition) is 1. The molecule has 2 bridgehead atoms. The van der Waals surface area contributed by atoms with Crippen LogP contribution in [0.1, 0.15) is 64.5 Å². The van der Waals surface area contributed by atoms with Gasteiger partial charge in [0.15, 0.2) is 17.3 Å². The zero-order valence-corrected chi connectivity index (χ0v) is 19.5. The van der Waals surface area contributed by atoms with E-state index < -0.39 is 0 Å². The number of methoxy groups -OCH3 is 1. The van der Waals surface area contributed by atoms with E-state index in [-0.39, 0.29) is 28.4 Å². The van der Waals surface area contributed by atoms with Gasteiger partial charge < -0.3 is 14.8 Å². The normalized spacial score (nSPS) is 25.0. The van der Waals surface area contributed by atoms with E-state index in [0.717, 1.165) is 42.4 Å². The van der Waals surface area contributed by atoms with Gasteiger partial charge in [0.2, 0.25) is 5.91 Å². The Kier molecular flexibility index (Phi) is 6.63. The summed E-state index contributed by atoms with van der Waals surface area (Å²) < 4.78 is 11.5. The molecule has 0 aliphatic heterocycles. The Morgan fingerprint density at radius 2 is 2.03 bits per heavy atom. The summed E-state index contributed by atoms with van der Waals surface area (Å²) >= 11 is 0. The monoisotopic (exact) mass is 425 g/mol. The van der Waals surface area contributed by atoms with Crippen molar-refractivity contribution in [1.82, 2.24) is 5.32 Å². The Balaban J connectivity index is 2.03. The third kappa shape index (κ3) is 4.02. The summed E-state index contributed by atoms with van der Waals surface area (Å²) in [6.07, 6.45) is 7.21. The van der Waals surface area contributed by atoms with Gasteiger partial charge in [0.25, 0.3) is 0 Å². The standard InChI is InChI=1S/C26H35NO4/c1-7-9-12-31-22-15-18(16-27-23(28)8-2)17(14-21(22)30-6)13-19-20-10-11-26(5,24(19)29)25(20,3)4/h8,13-15,20H,2,7,9-12,16H2,1,3-6H3,(H,27,28). The minimum Gasteiger partial charge on any atom is -0.493 e. The number of unbranched alkanes of at least 4 members (excludes halogenated alkanes) is 1. The first-order valence-corrected chi connectivity index (χ1v) is 11.2. The van der Waals surface area contributed by atoms with Crippen molar-refractivity contribution in [3.8, 4) is 11.5 Å². The van der Waals surface area contributed by atoms with Crippen LogP contribution in [0.2, 0.25) is 0 Å². The summed E-state index contributed by atoms with van der Waals surface area (Å²) in [4.78, 5) is 25.1. The third-order valence-electron chi connectivity index (χ3n) is 7.50. The molecule has 0 radical (unpaired) electrons. The van der Waals surface area contributed by atoms with Crippen LogP contribution >= 0.6 is 0 Å². The third-order valence-corrected chi connectivity index (χ3v) is 7.50. The van der Waals surface area contributed by atoms with E-state index in [9.17, 15) is 9.59 Å². The van der Waals surface area contributed by atoms with Crippen LogP contribution in [-0.4, -0.2) is 25.4 Å². The van der Waals surface area contributed by atoms with Crippen molar-refractivity contribution in [1.29, 1.82) is 0 Å². The Bertz CT molecular complexity index is 914. The lowest BCUT2D eigenvalue weighted by Gasteiger charge is -2.31. The predicted molar refractivity (Wildman–Crippen MR) is 123 cm³/mol. The lowest BCUT2D eigenvalue weighted by atomic mass is 9.70. The number of benzene rings is 1. The highest BCUT2D eigenvalue weighted by atomic mass is 16.5. The summed E-state index contributed by atoms with van der Waals surface area (Å²) in [5.74, 6) is 1.52. The smallest absolute Gasteiger partial charge is 0.243 e. The van der Waals surface area contributed by atoms with Gasteiger partial charge >= 0.3 is 0 Å². The molecule has 0 saturated heterocycles.